The van der Waals surface area contributed by atoms with Crippen molar-refractivity contribution in [2.24, 2.45) is 7.05 Å². The molecule has 2 N–H and O–H groups in total. The van der Waals surface area contributed by atoms with E-state index in [2.05, 4.69) is 15.1 Å². The minimum atomic E-state index is -3.38. The van der Waals surface area contributed by atoms with Gasteiger partial charge in [0.05, 0.1) is 4.90 Å². The predicted octanol–water partition coefficient (Wildman–Crippen LogP) is 1.60. The second kappa shape index (κ2) is 4.92. The number of aryl methyl sites for hydroxylation is 1. The van der Waals surface area contributed by atoms with Crippen LogP contribution in [0.1, 0.15) is 12.8 Å². The van der Waals surface area contributed by atoms with E-state index in [0.717, 1.165) is 24.3 Å². The fourth-order valence-electron chi connectivity index (χ4n) is 1.84. The predicted molar refractivity (Wildman–Crippen MR) is 76.3 cm³/mol. The van der Waals surface area contributed by atoms with Gasteiger partial charge in [-0.3, -0.25) is 4.68 Å². The van der Waals surface area contributed by atoms with Gasteiger partial charge >= 0.3 is 0 Å². The summed E-state index contributed by atoms with van der Waals surface area (Å²) >= 11 is 0. The molecule has 2 aromatic rings. The van der Waals surface area contributed by atoms with Crippen molar-refractivity contribution in [2.75, 3.05) is 5.32 Å². The molecule has 3 rings (SSSR count). The Morgan fingerprint density at radius 3 is 2.45 bits per heavy atom. The summed E-state index contributed by atoms with van der Waals surface area (Å²) in [5.74, 6) is 0.721. The Balaban J connectivity index is 1.73. The lowest BCUT2D eigenvalue weighted by molar-refractivity contribution is 0.581. The topological polar surface area (TPSA) is 76.0 Å². The summed E-state index contributed by atoms with van der Waals surface area (Å²) in [6.45, 7) is 0. The zero-order valence-corrected chi connectivity index (χ0v) is 11.9. The van der Waals surface area contributed by atoms with Gasteiger partial charge in [-0.25, -0.2) is 13.1 Å². The van der Waals surface area contributed by atoms with Crippen LogP contribution in [-0.4, -0.2) is 24.2 Å². The Bertz CT molecular complexity index is 702. The molecule has 0 unspecified atom stereocenters. The summed E-state index contributed by atoms with van der Waals surface area (Å²) < 4.78 is 28.4. The number of hydrogen-bond acceptors (Lipinski definition) is 4. The average molecular weight is 292 g/mol. The molecule has 1 aliphatic carbocycles. The lowest BCUT2D eigenvalue weighted by Crippen LogP contribution is -2.25. The van der Waals surface area contributed by atoms with Crippen molar-refractivity contribution in [1.29, 1.82) is 0 Å². The van der Waals surface area contributed by atoms with Gasteiger partial charge in [0, 0.05) is 31.0 Å². The SMILES string of the molecule is Cn1ccc(Nc2ccc(S(=O)(=O)NC3CC3)cc2)n1. The quantitative estimate of drug-likeness (QED) is 0.877. The highest BCUT2D eigenvalue weighted by Gasteiger charge is 2.27. The van der Waals surface area contributed by atoms with E-state index in [1.54, 1.807) is 28.9 Å². The first-order valence-electron chi connectivity index (χ1n) is 6.42. The Kier molecular flexibility index (Phi) is 3.23. The molecule has 106 valence electrons. The van der Waals surface area contributed by atoms with E-state index < -0.39 is 10.0 Å². The zero-order valence-electron chi connectivity index (χ0n) is 11.1. The molecule has 1 aromatic heterocycles. The molecule has 20 heavy (non-hydrogen) atoms. The van der Waals surface area contributed by atoms with Gasteiger partial charge in [0.15, 0.2) is 5.82 Å². The van der Waals surface area contributed by atoms with E-state index in [0.29, 0.717) is 0 Å². The largest absolute Gasteiger partial charge is 0.339 e. The van der Waals surface area contributed by atoms with Crippen LogP contribution in [-0.2, 0) is 17.1 Å². The van der Waals surface area contributed by atoms with Gasteiger partial charge in [0.25, 0.3) is 0 Å². The number of aromatic nitrogens is 2. The summed E-state index contributed by atoms with van der Waals surface area (Å²) in [6, 6.07) is 8.61. The van der Waals surface area contributed by atoms with Gasteiger partial charge in [-0.15, -0.1) is 0 Å². The third-order valence-corrected chi connectivity index (χ3v) is 4.59. The van der Waals surface area contributed by atoms with Crippen LogP contribution in [0.2, 0.25) is 0 Å². The van der Waals surface area contributed by atoms with Crippen LogP contribution in [0.3, 0.4) is 0 Å². The monoisotopic (exact) mass is 292 g/mol. The minimum absolute atomic E-state index is 0.117. The lowest BCUT2D eigenvalue weighted by atomic mass is 10.3. The molecule has 1 aromatic carbocycles. The van der Waals surface area contributed by atoms with Gasteiger partial charge in [0.2, 0.25) is 10.0 Å². The zero-order chi connectivity index (χ0) is 14.2. The summed E-state index contributed by atoms with van der Waals surface area (Å²) in [4.78, 5) is 0.288. The maximum absolute atomic E-state index is 12.0. The second-order valence-electron chi connectivity index (χ2n) is 4.92. The Morgan fingerprint density at radius 1 is 1.20 bits per heavy atom. The summed E-state index contributed by atoms with van der Waals surface area (Å²) in [6.07, 6.45) is 3.69. The van der Waals surface area contributed by atoms with Crippen molar-refractivity contribution >= 4 is 21.5 Å². The fraction of sp³-hybridized carbons (Fsp3) is 0.308. The van der Waals surface area contributed by atoms with Crippen molar-refractivity contribution in [3.05, 3.63) is 36.5 Å². The van der Waals surface area contributed by atoms with Gasteiger partial charge in [-0.1, -0.05) is 0 Å². The molecule has 0 bridgehead atoms. The lowest BCUT2D eigenvalue weighted by Gasteiger charge is -2.07. The highest BCUT2D eigenvalue weighted by Crippen LogP contribution is 2.23. The molecular weight excluding hydrogens is 276 g/mol. The first-order valence-corrected chi connectivity index (χ1v) is 7.90. The first-order chi connectivity index (χ1) is 9.53. The van der Waals surface area contributed by atoms with Crippen LogP contribution in [0.5, 0.6) is 0 Å². The molecule has 0 atom stereocenters. The molecule has 7 heteroatoms. The van der Waals surface area contributed by atoms with E-state index >= 15 is 0 Å². The average Bonchev–Trinajstić information content (AvgIpc) is 3.11. The maximum atomic E-state index is 12.0. The van der Waals surface area contributed by atoms with Crippen LogP contribution >= 0.6 is 0 Å². The maximum Gasteiger partial charge on any atom is 0.240 e. The van der Waals surface area contributed by atoms with Crippen LogP contribution in [0.4, 0.5) is 11.5 Å². The van der Waals surface area contributed by atoms with Gasteiger partial charge < -0.3 is 5.32 Å². The number of anilines is 2. The van der Waals surface area contributed by atoms with Crippen molar-refractivity contribution in [2.45, 2.75) is 23.8 Å². The standard InChI is InChI=1S/C13H16N4O2S/c1-17-9-8-13(15-17)14-10-4-6-12(7-5-10)20(18,19)16-11-2-3-11/h4-9,11,16H,2-3H2,1H3,(H,14,15). The number of hydrogen-bond donors (Lipinski definition) is 2. The minimum Gasteiger partial charge on any atom is -0.339 e. The van der Waals surface area contributed by atoms with E-state index in [1.165, 1.54) is 0 Å². The van der Waals surface area contributed by atoms with Crippen molar-refractivity contribution < 1.29 is 8.42 Å². The highest BCUT2D eigenvalue weighted by atomic mass is 32.2. The Labute approximate surface area is 117 Å². The van der Waals surface area contributed by atoms with Crippen LogP contribution in [0.25, 0.3) is 0 Å². The molecular formula is C13H16N4O2S. The summed E-state index contributed by atoms with van der Waals surface area (Å²) in [5, 5.41) is 7.31. The van der Waals surface area contributed by atoms with E-state index in [1.807, 2.05) is 19.3 Å². The summed E-state index contributed by atoms with van der Waals surface area (Å²) in [5.41, 5.74) is 0.800. The van der Waals surface area contributed by atoms with E-state index in [9.17, 15) is 8.42 Å². The number of benzene rings is 1. The number of rotatable bonds is 5. The molecule has 1 saturated carbocycles. The normalized spacial score (nSPS) is 15.2. The van der Waals surface area contributed by atoms with Gasteiger partial charge in [-0.2, -0.15) is 5.10 Å². The summed E-state index contributed by atoms with van der Waals surface area (Å²) in [7, 11) is -1.54. The van der Waals surface area contributed by atoms with Crippen LogP contribution < -0.4 is 10.0 Å². The molecule has 0 spiro atoms. The number of sulfonamides is 1. The second-order valence-corrected chi connectivity index (χ2v) is 6.63. The number of nitrogens with zero attached hydrogens (tertiary/aromatic N) is 2. The molecule has 6 nitrogen and oxygen atoms in total. The van der Waals surface area contributed by atoms with Crippen molar-refractivity contribution in [3.63, 3.8) is 0 Å². The molecule has 0 amide bonds. The molecule has 1 aliphatic rings. The number of nitrogens with one attached hydrogen (secondary N) is 2. The molecule has 1 heterocycles. The van der Waals surface area contributed by atoms with Gasteiger partial charge in [-0.05, 0) is 37.1 Å². The third kappa shape index (κ3) is 3.00. The van der Waals surface area contributed by atoms with Gasteiger partial charge in [0.1, 0.15) is 0 Å². The van der Waals surface area contributed by atoms with E-state index in [4.69, 9.17) is 0 Å². The molecule has 0 saturated heterocycles. The van der Waals surface area contributed by atoms with Crippen molar-refractivity contribution in [1.82, 2.24) is 14.5 Å². The van der Waals surface area contributed by atoms with Crippen LogP contribution in [0, 0.1) is 0 Å². The Morgan fingerprint density at radius 2 is 1.90 bits per heavy atom. The fourth-order valence-corrected chi connectivity index (χ4v) is 3.14. The highest BCUT2D eigenvalue weighted by molar-refractivity contribution is 7.89. The Hall–Kier alpha value is -1.86. The third-order valence-electron chi connectivity index (χ3n) is 3.05. The molecule has 0 radical (unpaired) electrons. The van der Waals surface area contributed by atoms with E-state index in [-0.39, 0.29) is 10.9 Å². The smallest absolute Gasteiger partial charge is 0.240 e. The first kappa shape index (κ1) is 13.1. The molecule has 1 fully saturated rings. The molecule has 0 aliphatic heterocycles. The van der Waals surface area contributed by atoms with Crippen LogP contribution in [0.15, 0.2) is 41.4 Å². The van der Waals surface area contributed by atoms with Crippen molar-refractivity contribution in [3.8, 4) is 0 Å².